The van der Waals surface area contributed by atoms with Crippen LogP contribution in [0.5, 0.6) is 0 Å². The minimum absolute atomic E-state index is 0.693. The van der Waals surface area contributed by atoms with Gasteiger partial charge in [0.15, 0.2) is 0 Å². The Balaban J connectivity index is 1.91. The Bertz CT molecular complexity index is 1120. The molecule has 26 heavy (non-hydrogen) atoms. The van der Waals surface area contributed by atoms with Crippen LogP contribution in [0.1, 0.15) is 16.7 Å². The van der Waals surface area contributed by atoms with Crippen molar-refractivity contribution in [2.75, 3.05) is 4.90 Å². The van der Waals surface area contributed by atoms with Crippen molar-refractivity contribution in [3.8, 4) is 6.07 Å². The van der Waals surface area contributed by atoms with Gasteiger partial charge in [-0.05, 0) is 61.9 Å². The Morgan fingerprint density at radius 3 is 2.35 bits per heavy atom. The Morgan fingerprint density at radius 2 is 1.58 bits per heavy atom. The molecule has 1 aromatic heterocycles. The van der Waals surface area contributed by atoms with Gasteiger partial charge in [-0.15, -0.1) is 11.3 Å². The fourth-order valence-corrected chi connectivity index (χ4v) is 3.70. The van der Waals surface area contributed by atoms with Gasteiger partial charge in [0.2, 0.25) is 0 Å². The summed E-state index contributed by atoms with van der Waals surface area (Å²) in [5, 5.41) is 9.44. The zero-order chi connectivity index (χ0) is 18.1. The van der Waals surface area contributed by atoms with Crippen LogP contribution in [0.4, 0.5) is 17.1 Å². The molecular formula is C22H17N3S. The molecule has 0 bridgehead atoms. The summed E-state index contributed by atoms with van der Waals surface area (Å²) in [6.07, 6.45) is 0. The second-order valence-corrected chi connectivity index (χ2v) is 7.17. The van der Waals surface area contributed by atoms with Gasteiger partial charge in [0.05, 0.1) is 27.4 Å². The standard InChI is InChI=1S/C22H17N3S/c1-15-3-6-18(7-4-15)25(19-8-5-16(2)17(11-19)13-23)20-9-10-21-22(12-20)26-14-24-21/h3-12,14H,1-2H3. The van der Waals surface area contributed by atoms with E-state index in [0.29, 0.717) is 5.56 Å². The van der Waals surface area contributed by atoms with Crippen molar-refractivity contribution < 1.29 is 0 Å². The third-order valence-electron chi connectivity index (χ3n) is 4.47. The van der Waals surface area contributed by atoms with Crippen LogP contribution in [0.3, 0.4) is 0 Å². The molecule has 0 amide bonds. The molecule has 0 spiro atoms. The number of rotatable bonds is 3. The monoisotopic (exact) mass is 355 g/mol. The van der Waals surface area contributed by atoms with Gasteiger partial charge in [-0.1, -0.05) is 23.8 Å². The topological polar surface area (TPSA) is 39.9 Å². The van der Waals surface area contributed by atoms with Crippen molar-refractivity contribution in [2.24, 2.45) is 0 Å². The lowest BCUT2D eigenvalue weighted by Gasteiger charge is -2.26. The highest BCUT2D eigenvalue weighted by atomic mass is 32.1. The molecule has 0 N–H and O–H groups in total. The van der Waals surface area contributed by atoms with Crippen LogP contribution in [0.25, 0.3) is 10.2 Å². The average molecular weight is 355 g/mol. The van der Waals surface area contributed by atoms with E-state index < -0.39 is 0 Å². The highest BCUT2D eigenvalue weighted by Crippen LogP contribution is 2.37. The third kappa shape index (κ3) is 2.94. The Hall–Kier alpha value is -3.16. The number of fused-ring (bicyclic) bond motifs is 1. The molecule has 0 atom stereocenters. The zero-order valence-corrected chi connectivity index (χ0v) is 15.4. The number of hydrogen-bond acceptors (Lipinski definition) is 4. The van der Waals surface area contributed by atoms with E-state index in [2.05, 4.69) is 65.3 Å². The number of anilines is 3. The van der Waals surface area contributed by atoms with Crippen LogP contribution in [0.15, 0.2) is 66.2 Å². The number of aryl methyl sites for hydroxylation is 2. The number of nitriles is 1. The molecule has 1 heterocycles. The molecule has 0 aliphatic carbocycles. The first-order valence-corrected chi connectivity index (χ1v) is 9.24. The highest BCUT2D eigenvalue weighted by Gasteiger charge is 2.14. The van der Waals surface area contributed by atoms with Crippen LogP contribution in [-0.4, -0.2) is 4.98 Å². The third-order valence-corrected chi connectivity index (χ3v) is 5.26. The minimum atomic E-state index is 0.693. The zero-order valence-electron chi connectivity index (χ0n) is 14.6. The fraction of sp³-hybridized carbons (Fsp3) is 0.0909. The van der Waals surface area contributed by atoms with E-state index in [-0.39, 0.29) is 0 Å². The maximum absolute atomic E-state index is 9.44. The molecule has 0 aliphatic rings. The maximum atomic E-state index is 9.44. The normalized spacial score (nSPS) is 10.7. The summed E-state index contributed by atoms with van der Waals surface area (Å²) in [5.41, 5.74) is 8.85. The molecule has 3 aromatic carbocycles. The van der Waals surface area contributed by atoms with Crippen molar-refractivity contribution in [3.63, 3.8) is 0 Å². The second-order valence-electron chi connectivity index (χ2n) is 6.29. The van der Waals surface area contributed by atoms with Crippen LogP contribution in [-0.2, 0) is 0 Å². The van der Waals surface area contributed by atoms with Gasteiger partial charge in [0.25, 0.3) is 0 Å². The van der Waals surface area contributed by atoms with E-state index >= 15 is 0 Å². The molecule has 0 unspecified atom stereocenters. The maximum Gasteiger partial charge on any atom is 0.0995 e. The fourth-order valence-electron chi connectivity index (χ4n) is 2.99. The Kier molecular flexibility index (Phi) is 4.16. The van der Waals surface area contributed by atoms with Gasteiger partial charge in [0.1, 0.15) is 0 Å². The molecule has 3 nitrogen and oxygen atoms in total. The van der Waals surface area contributed by atoms with Crippen molar-refractivity contribution in [1.82, 2.24) is 4.98 Å². The first kappa shape index (κ1) is 16.3. The smallest absolute Gasteiger partial charge is 0.0995 e. The second kappa shape index (κ2) is 6.62. The lowest BCUT2D eigenvalue weighted by Crippen LogP contribution is -2.10. The van der Waals surface area contributed by atoms with Crippen molar-refractivity contribution in [2.45, 2.75) is 13.8 Å². The first-order chi connectivity index (χ1) is 12.7. The van der Waals surface area contributed by atoms with Gasteiger partial charge in [-0.3, -0.25) is 0 Å². The molecule has 4 rings (SSSR count). The van der Waals surface area contributed by atoms with Crippen LogP contribution in [0.2, 0.25) is 0 Å². The minimum Gasteiger partial charge on any atom is -0.310 e. The SMILES string of the molecule is Cc1ccc(N(c2ccc(C)c(C#N)c2)c2ccc3ncsc3c2)cc1. The lowest BCUT2D eigenvalue weighted by atomic mass is 10.1. The number of aromatic nitrogens is 1. The summed E-state index contributed by atoms with van der Waals surface area (Å²) in [6.45, 7) is 4.04. The van der Waals surface area contributed by atoms with Crippen molar-refractivity contribution in [1.29, 1.82) is 5.26 Å². The molecule has 0 saturated carbocycles. The van der Waals surface area contributed by atoms with Gasteiger partial charge in [-0.2, -0.15) is 5.26 Å². The molecule has 0 radical (unpaired) electrons. The van der Waals surface area contributed by atoms with E-state index in [1.807, 2.05) is 30.6 Å². The van der Waals surface area contributed by atoms with Crippen LogP contribution in [0, 0.1) is 25.2 Å². The Labute approximate surface area is 156 Å². The van der Waals surface area contributed by atoms with Gasteiger partial charge < -0.3 is 4.90 Å². The summed E-state index contributed by atoms with van der Waals surface area (Å²) in [6, 6.07) is 23.0. The van der Waals surface area contributed by atoms with Crippen molar-refractivity contribution in [3.05, 3.63) is 82.9 Å². The quantitative estimate of drug-likeness (QED) is 0.436. The first-order valence-electron chi connectivity index (χ1n) is 8.36. The summed E-state index contributed by atoms with van der Waals surface area (Å²) < 4.78 is 1.15. The number of hydrogen-bond donors (Lipinski definition) is 0. The number of benzene rings is 3. The van der Waals surface area contributed by atoms with E-state index in [0.717, 1.165) is 32.8 Å². The lowest BCUT2D eigenvalue weighted by molar-refractivity contribution is 1.26. The van der Waals surface area contributed by atoms with Gasteiger partial charge >= 0.3 is 0 Å². The highest BCUT2D eigenvalue weighted by molar-refractivity contribution is 7.16. The van der Waals surface area contributed by atoms with Crippen LogP contribution < -0.4 is 4.90 Å². The largest absolute Gasteiger partial charge is 0.310 e. The molecule has 0 fully saturated rings. The Morgan fingerprint density at radius 1 is 0.885 bits per heavy atom. The molecular weight excluding hydrogens is 338 g/mol. The summed E-state index contributed by atoms with van der Waals surface area (Å²) in [7, 11) is 0. The summed E-state index contributed by atoms with van der Waals surface area (Å²) >= 11 is 1.63. The van der Waals surface area contributed by atoms with E-state index in [4.69, 9.17) is 0 Å². The van der Waals surface area contributed by atoms with Gasteiger partial charge in [-0.25, -0.2) is 4.98 Å². The predicted octanol–water partition coefficient (Wildman–Crippen LogP) is 6.25. The number of nitrogens with zero attached hydrogens (tertiary/aromatic N) is 3. The van der Waals surface area contributed by atoms with E-state index in [1.165, 1.54) is 5.56 Å². The predicted molar refractivity (Wildman–Crippen MR) is 108 cm³/mol. The summed E-state index contributed by atoms with van der Waals surface area (Å²) in [5.74, 6) is 0. The molecule has 0 saturated heterocycles. The molecule has 4 heteroatoms. The number of thiazole rings is 1. The van der Waals surface area contributed by atoms with Crippen LogP contribution >= 0.6 is 11.3 Å². The molecule has 126 valence electrons. The van der Waals surface area contributed by atoms with Gasteiger partial charge in [0, 0.05) is 17.1 Å². The van der Waals surface area contributed by atoms with E-state index in [9.17, 15) is 5.26 Å². The molecule has 4 aromatic rings. The molecule has 0 aliphatic heterocycles. The van der Waals surface area contributed by atoms with E-state index in [1.54, 1.807) is 11.3 Å². The van der Waals surface area contributed by atoms with Crippen molar-refractivity contribution >= 4 is 38.6 Å². The summed E-state index contributed by atoms with van der Waals surface area (Å²) in [4.78, 5) is 6.55. The average Bonchev–Trinajstić information content (AvgIpc) is 3.13.